The first-order valence-corrected chi connectivity index (χ1v) is 8.33. The molecular formula is C16H20N6O2. The molecule has 0 aromatic carbocycles. The second-order valence-corrected chi connectivity index (χ2v) is 6.32. The van der Waals surface area contributed by atoms with Crippen molar-refractivity contribution in [2.45, 2.75) is 31.6 Å². The number of fused-ring (bicyclic) bond motifs is 3. The minimum absolute atomic E-state index is 0.0197. The van der Waals surface area contributed by atoms with Crippen LogP contribution < -0.4 is 5.32 Å². The number of hydrogen-bond acceptors (Lipinski definition) is 5. The summed E-state index contributed by atoms with van der Waals surface area (Å²) in [6, 6.07) is 2.00. The molecule has 0 atom stereocenters. The van der Waals surface area contributed by atoms with Crippen LogP contribution in [0, 0.1) is 5.92 Å². The standard InChI is InChI=1S/C16H20N6O2/c23-8-7-18-16(24)11-3-1-10(2-4-11)13-14-12-5-6-17-15(12)19-9-22(14)21-20-13/h5-6,9-11,17,23H,1-4,7-8H2,(H,18,24). The molecule has 126 valence electrons. The van der Waals surface area contributed by atoms with E-state index in [0.29, 0.717) is 12.5 Å². The number of carbonyl (C=O) groups is 1. The summed E-state index contributed by atoms with van der Waals surface area (Å²) in [5.74, 6) is 0.390. The van der Waals surface area contributed by atoms with Crippen LogP contribution in [0.15, 0.2) is 18.6 Å². The number of aromatic amines is 1. The van der Waals surface area contributed by atoms with Gasteiger partial charge in [0, 0.05) is 30.0 Å². The number of carbonyl (C=O) groups excluding carboxylic acids is 1. The Morgan fingerprint density at radius 2 is 2.21 bits per heavy atom. The van der Waals surface area contributed by atoms with Crippen molar-refractivity contribution in [1.82, 2.24) is 30.1 Å². The van der Waals surface area contributed by atoms with Crippen molar-refractivity contribution < 1.29 is 9.90 Å². The van der Waals surface area contributed by atoms with Gasteiger partial charge in [-0.05, 0) is 31.7 Å². The molecule has 1 aliphatic carbocycles. The Bertz CT molecular complexity index is 862. The second kappa shape index (κ2) is 6.20. The predicted octanol–water partition coefficient (Wildman–Crippen LogP) is 0.988. The summed E-state index contributed by atoms with van der Waals surface area (Å²) in [7, 11) is 0. The molecule has 4 rings (SSSR count). The molecule has 3 heterocycles. The Kier molecular flexibility index (Phi) is 3.89. The zero-order valence-corrected chi connectivity index (χ0v) is 13.3. The van der Waals surface area contributed by atoms with Gasteiger partial charge in [0.2, 0.25) is 5.91 Å². The molecule has 3 aromatic rings. The molecule has 3 N–H and O–H groups in total. The lowest BCUT2D eigenvalue weighted by atomic mass is 9.79. The van der Waals surface area contributed by atoms with Crippen molar-refractivity contribution >= 4 is 22.5 Å². The fourth-order valence-corrected chi connectivity index (χ4v) is 3.65. The molecule has 1 amide bonds. The van der Waals surface area contributed by atoms with Gasteiger partial charge < -0.3 is 15.4 Å². The first-order valence-electron chi connectivity index (χ1n) is 8.33. The number of aliphatic hydroxyl groups is 1. The van der Waals surface area contributed by atoms with Gasteiger partial charge in [0.05, 0.1) is 12.3 Å². The van der Waals surface area contributed by atoms with Gasteiger partial charge >= 0.3 is 0 Å². The Morgan fingerprint density at radius 1 is 1.38 bits per heavy atom. The first kappa shape index (κ1) is 15.1. The molecule has 0 spiro atoms. The van der Waals surface area contributed by atoms with Gasteiger partial charge in [-0.15, -0.1) is 5.10 Å². The molecule has 8 nitrogen and oxygen atoms in total. The number of nitrogens with one attached hydrogen (secondary N) is 2. The van der Waals surface area contributed by atoms with E-state index < -0.39 is 0 Å². The number of aliphatic hydroxyl groups excluding tert-OH is 1. The van der Waals surface area contributed by atoms with Crippen molar-refractivity contribution in [2.75, 3.05) is 13.2 Å². The van der Waals surface area contributed by atoms with Crippen LogP contribution in [0.25, 0.3) is 16.6 Å². The number of hydrogen-bond donors (Lipinski definition) is 3. The third-order valence-electron chi connectivity index (χ3n) is 4.89. The Morgan fingerprint density at radius 3 is 3.00 bits per heavy atom. The number of amides is 1. The highest BCUT2D eigenvalue weighted by molar-refractivity contribution is 5.92. The zero-order valence-electron chi connectivity index (χ0n) is 13.3. The normalized spacial score (nSPS) is 21.4. The van der Waals surface area contributed by atoms with E-state index in [1.807, 2.05) is 12.3 Å². The Hall–Kier alpha value is -2.48. The second-order valence-electron chi connectivity index (χ2n) is 6.32. The average Bonchev–Trinajstić information content (AvgIpc) is 3.25. The Labute approximate surface area is 138 Å². The summed E-state index contributed by atoms with van der Waals surface area (Å²) in [4.78, 5) is 19.5. The maximum atomic E-state index is 12.0. The molecule has 0 saturated heterocycles. The smallest absolute Gasteiger partial charge is 0.223 e. The lowest BCUT2D eigenvalue weighted by Gasteiger charge is -2.26. The fourth-order valence-electron chi connectivity index (χ4n) is 3.65. The van der Waals surface area contributed by atoms with Crippen molar-refractivity contribution in [3.8, 4) is 0 Å². The lowest BCUT2D eigenvalue weighted by Crippen LogP contribution is -2.34. The molecule has 0 bridgehead atoms. The van der Waals surface area contributed by atoms with E-state index in [0.717, 1.165) is 47.9 Å². The SMILES string of the molecule is O=C(NCCO)C1CCC(c2nnn3cnc4[nH]ccc4c23)CC1. The highest BCUT2D eigenvalue weighted by atomic mass is 16.3. The number of rotatable bonds is 4. The highest BCUT2D eigenvalue weighted by Crippen LogP contribution is 2.37. The molecule has 0 radical (unpaired) electrons. The van der Waals surface area contributed by atoms with Crippen LogP contribution in [-0.4, -0.2) is 49.0 Å². The predicted molar refractivity (Wildman–Crippen MR) is 87.4 cm³/mol. The van der Waals surface area contributed by atoms with E-state index >= 15 is 0 Å². The lowest BCUT2D eigenvalue weighted by molar-refractivity contribution is -0.126. The minimum atomic E-state index is -0.0197. The quantitative estimate of drug-likeness (QED) is 0.662. The van der Waals surface area contributed by atoms with Gasteiger partial charge in [-0.1, -0.05) is 5.21 Å². The summed E-state index contributed by atoms with van der Waals surface area (Å²) >= 11 is 0. The highest BCUT2D eigenvalue weighted by Gasteiger charge is 2.29. The largest absolute Gasteiger partial charge is 0.395 e. The van der Waals surface area contributed by atoms with E-state index in [9.17, 15) is 4.79 Å². The molecule has 1 saturated carbocycles. The van der Waals surface area contributed by atoms with Gasteiger partial charge in [-0.3, -0.25) is 4.79 Å². The Balaban J connectivity index is 1.55. The van der Waals surface area contributed by atoms with Crippen molar-refractivity contribution in [2.24, 2.45) is 5.92 Å². The summed E-state index contributed by atoms with van der Waals surface area (Å²) in [6.07, 6.45) is 7.06. The van der Waals surface area contributed by atoms with Crippen LogP contribution >= 0.6 is 0 Å². The summed E-state index contributed by atoms with van der Waals surface area (Å²) < 4.78 is 1.73. The van der Waals surface area contributed by atoms with Crippen LogP contribution in [0.1, 0.15) is 37.3 Å². The molecule has 0 aliphatic heterocycles. The maximum absolute atomic E-state index is 12.0. The maximum Gasteiger partial charge on any atom is 0.223 e. The van der Waals surface area contributed by atoms with E-state index in [1.54, 1.807) is 10.8 Å². The van der Waals surface area contributed by atoms with Gasteiger partial charge in [-0.2, -0.15) is 0 Å². The van der Waals surface area contributed by atoms with Crippen LogP contribution in [0.4, 0.5) is 0 Å². The molecule has 1 aliphatic rings. The van der Waals surface area contributed by atoms with Crippen molar-refractivity contribution in [3.05, 3.63) is 24.3 Å². The van der Waals surface area contributed by atoms with Crippen LogP contribution in [0.2, 0.25) is 0 Å². The van der Waals surface area contributed by atoms with Gasteiger partial charge in [0.1, 0.15) is 17.5 Å². The van der Waals surface area contributed by atoms with Gasteiger partial charge in [0.25, 0.3) is 0 Å². The molecule has 3 aromatic heterocycles. The van der Waals surface area contributed by atoms with Crippen molar-refractivity contribution in [1.29, 1.82) is 0 Å². The van der Waals surface area contributed by atoms with Gasteiger partial charge in [0.15, 0.2) is 0 Å². The molecule has 1 fully saturated rings. The van der Waals surface area contributed by atoms with E-state index in [1.165, 1.54) is 0 Å². The topological polar surface area (TPSA) is 108 Å². The van der Waals surface area contributed by atoms with Crippen molar-refractivity contribution in [3.63, 3.8) is 0 Å². The molecule has 0 unspecified atom stereocenters. The van der Waals surface area contributed by atoms with Gasteiger partial charge in [-0.25, -0.2) is 9.50 Å². The molecule has 8 heteroatoms. The number of aromatic nitrogens is 5. The van der Waals surface area contributed by atoms with E-state index in [4.69, 9.17) is 5.11 Å². The third-order valence-corrected chi connectivity index (χ3v) is 4.89. The summed E-state index contributed by atoms with van der Waals surface area (Å²) in [5, 5.41) is 21.2. The third kappa shape index (κ3) is 2.52. The van der Waals surface area contributed by atoms with E-state index in [2.05, 4.69) is 25.6 Å². The first-order chi connectivity index (χ1) is 11.8. The zero-order chi connectivity index (χ0) is 16.5. The summed E-state index contributed by atoms with van der Waals surface area (Å²) in [6.45, 7) is 0.306. The van der Waals surface area contributed by atoms with Crippen LogP contribution in [0.5, 0.6) is 0 Å². The van der Waals surface area contributed by atoms with Crippen LogP contribution in [0.3, 0.4) is 0 Å². The number of H-pyrrole nitrogens is 1. The van der Waals surface area contributed by atoms with Crippen LogP contribution in [-0.2, 0) is 4.79 Å². The molecular weight excluding hydrogens is 308 g/mol. The number of nitrogens with zero attached hydrogens (tertiary/aromatic N) is 4. The average molecular weight is 328 g/mol. The monoisotopic (exact) mass is 328 g/mol. The summed E-state index contributed by atoms with van der Waals surface area (Å²) in [5.41, 5.74) is 2.84. The molecule has 24 heavy (non-hydrogen) atoms. The fraction of sp³-hybridized carbons (Fsp3) is 0.500. The van der Waals surface area contributed by atoms with E-state index in [-0.39, 0.29) is 18.4 Å². The minimum Gasteiger partial charge on any atom is -0.395 e.